The van der Waals surface area contributed by atoms with Crippen LogP contribution in [0.4, 0.5) is 4.39 Å². The molecular weight excluding hydrogens is 371 g/mol. The number of halogens is 1. The van der Waals surface area contributed by atoms with Crippen LogP contribution in [0.2, 0.25) is 0 Å². The third kappa shape index (κ3) is 3.82. The molecule has 0 saturated carbocycles. The van der Waals surface area contributed by atoms with E-state index >= 15 is 0 Å². The second-order valence-electron chi connectivity index (χ2n) is 5.36. The molecule has 140 valence electrons. The Hall–Kier alpha value is -3.20. The van der Waals surface area contributed by atoms with Crippen molar-refractivity contribution in [3.63, 3.8) is 0 Å². The zero-order chi connectivity index (χ0) is 19.4. The Kier molecular flexibility index (Phi) is 5.51. The summed E-state index contributed by atoms with van der Waals surface area (Å²) in [4.78, 5) is 0. The van der Waals surface area contributed by atoms with Gasteiger partial charge in [-0.25, -0.2) is 9.49 Å². The van der Waals surface area contributed by atoms with Gasteiger partial charge in [0.2, 0.25) is 4.77 Å². The normalized spacial score (nSPS) is 11.0. The second kappa shape index (κ2) is 8.00. The molecule has 1 N–H and O–H groups in total. The fraction of sp³-hybridized carbons (Fsp3) is 0.167. The van der Waals surface area contributed by atoms with E-state index in [4.69, 9.17) is 26.4 Å². The first kappa shape index (κ1) is 18.6. The van der Waals surface area contributed by atoms with Gasteiger partial charge in [0.25, 0.3) is 0 Å². The highest BCUT2D eigenvalue weighted by molar-refractivity contribution is 7.71. The first-order valence-electron chi connectivity index (χ1n) is 7.85. The third-order valence-corrected chi connectivity index (χ3v) is 4.07. The van der Waals surface area contributed by atoms with Crippen LogP contribution >= 0.6 is 12.2 Å². The van der Waals surface area contributed by atoms with Crippen LogP contribution in [0.5, 0.6) is 17.2 Å². The minimum absolute atomic E-state index is 0.296. The summed E-state index contributed by atoms with van der Waals surface area (Å²) in [6.07, 6.45) is 1.57. The van der Waals surface area contributed by atoms with Crippen LogP contribution in [0.15, 0.2) is 41.5 Å². The Morgan fingerprint density at radius 3 is 2.30 bits per heavy atom. The second-order valence-corrected chi connectivity index (χ2v) is 5.75. The number of hydrogen-bond donors (Lipinski definition) is 1. The number of H-pyrrole nitrogens is 1. The maximum absolute atomic E-state index is 13.2. The summed E-state index contributed by atoms with van der Waals surface area (Å²) in [5.74, 6) is 1.75. The molecule has 0 saturated heterocycles. The van der Waals surface area contributed by atoms with Crippen LogP contribution in [0.3, 0.4) is 0 Å². The molecule has 3 aromatic rings. The summed E-state index contributed by atoms with van der Waals surface area (Å²) in [6.45, 7) is 0. The van der Waals surface area contributed by atoms with Gasteiger partial charge >= 0.3 is 0 Å². The van der Waals surface area contributed by atoms with Crippen LogP contribution in [-0.4, -0.2) is 42.4 Å². The van der Waals surface area contributed by atoms with Crippen molar-refractivity contribution in [2.45, 2.75) is 0 Å². The number of methoxy groups -OCH3 is 3. The minimum Gasteiger partial charge on any atom is -0.496 e. The molecule has 0 radical (unpaired) electrons. The van der Waals surface area contributed by atoms with Crippen molar-refractivity contribution in [3.05, 3.63) is 52.5 Å². The van der Waals surface area contributed by atoms with Gasteiger partial charge in [0.1, 0.15) is 11.6 Å². The molecule has 1 heterocycles. The number of ether oxygens (including phenoxy) is 3. The highest BCUT2D eigenvalue weighted by Gasteiger charge is 2.12. The molecule has 0 atom stereocenters. The lowest BCUT2D eigenvalue weighted by molar-refractivity contribution is 0.349. The van der Waals surface area contributed by atoms with Gasteiger partial charge in [0.05, 0.1) is 27.5 Å². The molecule has 1 aromatic heterocycles. The summed E-state index contributed by atoms with van der Waals surface area (Å²) in [7, 11) is 4.64. The average molecular weight is 388 g/mol. The predicted molar refractivity (Wildman–Crippen MR) is 102 cm³/mol. The number of nitrogens with zero attached hydrogens (tertiary/aromatic N) is 3. The number of aromatic nitrogens is 3. The van der Waals surface area contributed by atoms with Crippen molar-refractivity contribution in [2.75, 3.05) is 21.3 Å². The Morgan fingerprint density at radius 2 is 1.67 bits per heavy atom. The Labute approximate surface area is 160 Å². The van der Waals surface area contributed by atoms with Gasteiger partial charge in [-0.2, -0.15) is 14.9 Å². The maximum atomic E-state index is 13.2. The van der Waals surface area contributed by atoms with E-state index in [9.17, 15) is 4.39 Å². The molecule has 2 aromatic carbocycles. The number of aromatic amines is 1. The Balaban J connectivity index is 2.03. The van der Waals surface area contributed by atoms with E-state index in [1.165, 1.54) is 16.8 Å². The molecule has 0 spiro atoms. The minimum atomic E-state index is -0.335. The summed E-state index contributed by atoms with van der Waals surface area (Å²) in [6, 6.07) is 9.34. The maximum Gasteiger partial charge on any atom is 0.216 e. The van der Waals surface area contributed by atoms with Crippen molar-refractivity contribution in [1.82, 2.24) is 14.9 Å². The number of hydrogen-bond acceptors (Lipinski definition) is 6. The zero-order valence-electron chi connectivity index (χ0n) is 14.9. The van der Waals surface area contributed by atoms with E-state index in [0.717, 1.165) is 0 Å². The van der Waals surface area contributed by atoms with E-state index in [1.54, 1.807) is 51.8 Å². The van der Waals surface area contributed by atoms with Gasteiger partial charge < -0.3 is 14.2 Å². The summed E-state index contributed by atoms with van der Waals surface area (Å²) in [5, 5.41) is 11.3. The van der Waals surface area contributed by atoms with Gasteiger partial charge in [-0.15, -0.1) is 0 Å². The quantitative estimate of drug-likeness (QED) is 0.515. The largest absolute Gasteiger partial charge is 0.496 e. The van der Waals surface area contributed by atoms with Gasteiger partial charge in [-0.05, 0) is 42.5 Å². The first-order chi connectivity index (χ1) is 13.1. The van der Waals surface area contributed by atoms with E-state index < -0.39 is 0 Å². The van der Waals surface area contributed by atoms with Crippen molar-refractivity contribution in [1.29, 1.82) is 0 Å². The van der Waals surface area contributed by atoms with Crippen LogP contribution < -0.4 is 14.2 Å². The molecule has 9 heteroatoms. The molecule has 7 nitrogen and oxygen atoms in total. The third-order valence-electron chi connectivity index (χ3n) is 3.80. The van der Waals surface area contributed by atoms with Crippen molar-refractivity contribution in [2.24, 2.45) is 5.10 Å². The van der Waals surface area contributed by atoms with E-state index in [2.05, 4.69) is 15.3 Å². The molecule has 0 aliphatic carbocycles. The number of nitrogens with one attached hydrogen (secondary N) is 1. The standard InChI is InChI=1S/C18H17FN4O3S/c1-24-14-9-16(26-3)15(25-2)8-12(14)10-20-23-17(21-22-18(23)27)11-4-6-13(19)7-5-11/h4-10H,1-3H3,(H,22,27)/b20-10+. The molecular formula is C18H17FN4O3S. The van der Waals surface area contributed by atoms with E-state index in [0.29, 0.717) is 39.0 Å². The zero-order valence-corrected chi connectivity index (χ0v) is 15.7. The molecule has 0 aliphatic heterocycles. The average Bonchev–Trinajstić information content (AvgIpc) is 3.06. The van der Waals surface area contributed by atoms with E-state index in [1.807, 2.05) is 0 Å². The summed E-state index contributed by atoms with van der Waals surface area (Å²) < 4.78 is 30.9. The van der Waals surface area contributed by atoms with Crippen molar-refractivity contribution >= 4 is 18.4 Å². The highest BCUT2D eigenvalue weighted by Crippen LogP contribution is 2.33. The van der Waals surface area contributed by atoms with Crippen LogP contribution in [0.1, 0.15) is 5.56 Å². The predicted octanol–water partition coefficient (Wildman–Crippen LogP) is 3.65. The lowest BCUT2D eigenvalue weighted by atomic mass is 10.2. The number of benzene rings is 2. The Morgan fingerprint density at radius 1 is 1.04 bits per heavy atom. The molecule has 0 fully saturated rings. The first-order valence-corrected chi connectivity index (χ1v) is 8.26. The lowest BCUT2D eigenvalue weighted by Gasteiger charge is -2.11. The molecule has 27 heavy (non-hydrogen) atoms. The monoisotopic (exact) mass is 388 g/mol. The van der Waals surface area contributed by atoms with Gasteiger partial charge in [-0.1, -0.05) is 0 Å². The molecule has 0 amide bonds. The number of rotatable bonds is 6. The fourth-order valence-corrected chi connectivity index (χ4v) is 2.64. The lowest BCUT2D eigenvalue weighted by Crippen LogP contribution is -1.99. The van der Waals surface area contributed by atoms with Gasteiger partial charge in [-0.3, -0.25) is 0 Å². The Bertz CT molecular complexity index is 1030. The van der Waals surface area contributed by atoms with E-state index in [-0.39, 0.29) is 5.82 Å². The van der Waals surface area contributed by atoms with Crippen molar-refractivity contribution < 1.29 is 18.6 Å². The van der Waals surface area contributed by atoms with Gasteiger partial charge in [0, 0.05) is 17.2 Å². The molecule has 0 unspecified atom stereocenters. The topological polar surface area (TPSA) is 73.7 Å². The molecule has 3 rings (SSSR count). The van der Waals surface area contributed by atoms with Crippen LogP contribution in [-0.2, 0) is 0 Å². The fourth-order valence-electron chi connectivity index (χ4n) is 2.46. The summed E-state index contributed by atoms with van der Waals surface area (Å²) in [5.41, 5.74) is 1.32. The molecule has 0 aliphatic rings. The SMILES string of the molecule is COc1cc(OC)c(OC)cc1/C=N/n1c(-c2ccc(F)cc2)n[nH]c1=S. The molecule has 0 bridgehead atoms. The van der Waals surface area contributed by atoms with Gasteiger partial charge in [0.15, 0.2) is 17.3 Å². The van der Waals surface area contributed by atoms with Crippen LogP contribution in [0.25, 0.3) is 11.4 Å². The van der Waals surface area contributed by atoms with Crippen LogP contribution in [0, 0.1) is 10.6 Å². The van der Waals surface area contributed by atoms with Crippen molar-refractivity contribution in [3.8, 4) is 28.6 Å². The summed E-state index contributed by atoms with van der Waals surface area (Å²) >= 11 is 5.24. The smallest absolute Gasteiger partial charge is 0.216 e. The highest BCUT2D eigenvalue weighted by atomic mass is 32.1.